The number of rotatable bonds is 18. The van der Waals surface area contributed by atoms with Gasteiger partial charge in [-0.25, -0.2) is 19.5 Å². The van der Waals surface area contributed by atoms with Gasteiger partial charge in [0.2, 0.25) is 0 Å². The SMILES string of the molecule is COC(=O)[C@@H](NP(=O)(OC[C@H]1O[C@@H](n2cc3c4c(ncnc42)N(C)N=C3N)[C@H](OC(=O)CCC(C)=O)[C@@H]1OC(=O)CCC(C)=O)Oc1ccccc1)C(C)C. The normalized spacial score (nSPS) is 20.7. The molecule has 0 aliphatic carbocycles. The summed E-state index contributed by atoms with van der Waals surface area (Å²) in [6.45, 7) is 5.42. The van der Waals surface area contributed by atoms with Gasteiger partial charge >= 0.3 is 25.7 Å². The van der Waals surface area contributed by atoms with Gasteiger partial charge in [0.1, 0.15) is 41.4 Å². The number of hydrazone groups is 1. The van der Waals surface area contributed by atoms with Crippen LogP contribution in [-0.4, -0.2) is 95.0 Å². The Labute approximate surface area is 316 Å². The van der Waals surface area contributed by atoms with Crippen molar-refractivity contribution in [2.75, 3.05) is 25.8 Å². The van der Waals surface area contributed by atoms with Crippen molar-refractivity contribution in [1.82, 2.24) is 19.6 Å². The second-order valence-electron chi connectivity index (χ2n) is 13.3. The third-order valence-electron chi connectivity index (χ3n) is 8.68. The lowest BCUT2D eigenvalue weighted by Crippen LogP contribution is -2.43. The van der Waals surface area contributed by atoms with Gasteiger partial charge in [-0.3, -0.25) is 18.9 Å². The molecule has 19 nitrogen and oxygen atoms in total. The largest absolute Gasteiger partial charge is 0.468 e. The summed E-state index contributed by atoms with van der Waals surface area (Å²) < 4.78 is 51.1. The van der Waals surface area contributed by atoms with E-state index in [1.807, 2.05) is 0 Å². The van der Waals surface area contributed by atoms with Gasteiger partial charge in [0.05, 0.1) is 31.9 Å². The van der Waals surface area contributed by atoms with Crippen LogP contribution in [0.4, 0.5) is 5.82 Å². The number of ether oxygens (including phenoxy) is 4. The Kier molecular flexibility index (Phi) is 13.0. The Balaban J connectivity index is 1.57. The number of ketones is 2. The van der Waals surface area contributed by atoms with E-state index in [2.05, 4.69) is 20.2 Å². The molecule has 55 heavy (non-hydrogen) atoms. The summed E-state index contributed by atoms with van der Waals surface area (Å²) in [5, 5.41) is 8.96. The summed E-state index contributed by atoms with van der Waals surface area (Å²) in [5.74, 6) is -2.65. The fourth-order valence-corrected chi connectivity index (χ4v) is 7.60. The summed E-state index contributed by atoms with van der Waals surface area (Å²) >= 11 is 0. The molecule has 0 saturated carbocycles. The van der Waals surface area contributed by atoms with Gasteiger partial charge < -0.3 is 43.4 Å². The number of hydrogen-bond acceptors (Lipinski definition) is 17. The number of nitrogens with one attached hydrogen (secondary N) is 1. The molecule has 0 radical (unpaired) electrons. The number of Topliss-reactive ketones (excluding diaryl/α,β-unsaturated/α-hetero) is 2. The average Bonchev–Trinajstić information content (AvgIpc) is 3.69. The molecule has 296 valence electrons. The van der Waals surface area contributed by atoms with Crippen LogP contribution in [0.1, 0.15) is 65.2 Å². The van der Waals surface area contributed by atoms with Crippen molar-refractivity contribution < 1.29 is 56.5 Å². The molecule has 1 fully saturated rings. The number of carbonyl (C=O) groups is 5. The van der Waals surface area contributed by atoms with Gasteiger partial charge in [-0.2, -0.15) is 10.2 Å². The zero-order valence-electron chi connectivity index (χ0n) is 31.2. The first-order valence-corrected chi connectivity index (χ1v) is 19.0. The number of esters is 3. The lowest BCUT2D eigenvalue weighted by atomic mass is 10.1. The second-order valence-corrected chi connectivity index (χ2v) is 15.0. The van der Waals surface area contributed by atoms with Gasteiger partial charge in [0.25, 0.3) is 0 Å². The predicted octanol–water partition coefficient (Wildman–Crippen LogP) is 2.95. The Morgan fingerprint density at radius 3 is 2.20 bits per heavy atom. The Hall–Kier alpha value is -5.23. The number of hydrogen-bond donors (Lipinski definition) is 2. The van der Waals surface area contributed by atoms with Crippen LogP contribution in [0.15, 0.2) is 48.0 Å². The first-order chi connectivity index (χ1) is 26.1. The monoisotopic (exact) mass is 785 g/mol. The summed E-state index contributed by atoms with van der Waals surface area (Å²) in [6, 6.07) is 6.91. The smallest absolute Gasteiger partial charge is 0.459 e. The molecule has 2 aliphatic rings. The van der Waals surface area contributed by atoms with Crippen LogP contribution in [0.3, 0.4) is 0 Å². The number of benzene rings is 1. The van der Waals surface area contributed by atoms with E-state index >= 15 is 0 Å². The Morgan fingerprint density at radius 2 is 1.60 bits per heavy atom. The molecule has 2 aliphatic heterocycles. The molecular weight excluding hydrogens is 741 g/mol. The fraction of sp³-hybridized carbons (Fsp3) is 0.486. The van der Waals surface area contributed by atoms with Crippen LogP contribution >= 0.6 is 7.75 Å². The third-order valence-corrected chi connectivity index (χ3v) is 10.2. The molecule has 3 aromatic rings. The highest BCUT2D eigenvalue weighted by molar-refractivity contribution is 7.52. The van der Waals surface area contributed by atoms with Crippen molar-refractivity contribution in [2.45, 2.75) is 84.0 Å². The summed E-state index contributed by atoms with van der Waals surface area (Å²) in [6.07, 6.45) is -3.49. The van der Waals surface area contributed by atoms with Gasteiger partial charge in [-0.1, -0.05) is 32.0 Å². The van der Waals surface area contributed by atoms with Crippen molar-refractivity contribution in [1.29, 1.82) is 0 Å². The van der Waals surface area contributed by atoms with E-state index in [1.54, 1.807) is 45.3 Å². The maximum atomic E-state index is 14.5. The van der Waals surface area contributed by atoms with E-state index in [1.165, 1.54) is 49.0 Å². The van der Waals surface area contributed by atoms with Crippen LogP contribution in [0, 0.1) is 5.92 Å². The van der Waals surface area contributed by atoms with E-state index in [0.29, 0.717) is 22.4 Å². The van der Waals surface area contributed by atoms with Crippen LogP contribution in [-0.2, 0) is 52.0 Å². The van der Waals surface area contributed by atoms with Crippen LogP contribution in [0.2, 0.25) is 0 Å². The molecule has 6 atom stereocenters. The summed E-state index contributed by atoms with van der Waals surface area (Å²) in [7, 11) is -1.66. The molecule has 1 aromatic carbocycles. The van der Waals surface area contributed by atoms with Gasteiger partial charge in [-0.15, -0.1) is 0 Å². The molecule has 0 amide bonds. The molecule has 3 N–H and O–H groups in total. The third kappa shape index (κ3) is 9.72. The summed E-state index contributed by atoms with van der Waals surface area (Å²) in [4.78, 5) is 71.6. The zero-order chi connectivity index (χ0) is 40.0. The highest BCUT2D eigenvalue weighted by Gasteiger charge is 2.52. The number of methoxy groups -OCH3 is 1. The minimum atomic E-state index is -4.50. The van der Waals surface area contributed by atoms with E-state index in [0.717, 1.165) is 0 Å². The molecule has 5 rings (SSSR count). The molecule has 20 heteroatoms. The number of para-hydroxylation sites is 1. The molecule has 4 heterocycles. The molecular formula is C35H44N7O12P. The predicted molar refractivity (Wildman–Crippen MR) is 195 cm³/mol. The molecule has 1 unspecified atom stereocenters. The number of nitrogens with two attached hydrogens (primary N) is 1. The lowest BCUT2D eigenvalue weighted by molar-refractivity contribution is -0.168. The quantitative estimate of drug-likeness (QED) is 0.107. The highest BCUT2D eigenvalue weighted by Crippen LogP contribution is 2.47. The topological polar surface area (TPSA) is 242 Å². The number of carbonyl (C=O) groups excluding carboxylic acids is 5. The van der Waals surface area contributed by atoms with Gasteiger partial charge in [-0.05, 0) is 31.9 Å². The van der Waals surface area contributed by atoms with Crippen molar-refractivity contribution >= 4 is 59.9 Å². The van der Waals surface area contributed by atoms with Crippen LogP contribution in [0.5, 0.6) is 5.75 Å². The molecule has 0 spiro atoms. The van der Waals surface area contributed by atoms with Crippen LogP contribution in [0.25, 0.3) is 11.0 Å². The molecule has 2 aromatic heterocycles. The van der Waals surface area contributed by atoms with Crippen molar-refractivity contribution in [3.05, 3.63) is 48.4 Å². The van der Waals surface area contributed by atoms with E-state index < -0.39 is 68.8 Å². The van der Waals surface area contributed by atoms with Gasteiger partial charge in [0.15, 0.2) is 30.1 Å². The highest BCUT2D eigenvalue weighted by atomic mass is 31.2. The minimum Gasteiger partial charge on any atom is -0.468 e. The zero-order valence-corrected chi connectivity index (χ0v) is 32.1. The van der Waals surface area contributed by atoms with Gasteiger partial charge in [0, 0.05) is 31.6 Å². The number of anilines is 1. The maximum absolute atomic E-state index is 14.5. The minimum absolute atomic E-state index is 0.123. The maximum Gasteiger partial charge on any atom is 0.459 e. The van der Waals surface area contributed by atoms with E-state index in [4.69, 9.17) is 33.7 Å². The first kappa shape index (κ1) is 40.9. The van der Waals surface area contributed by atoms with E-state index in [9.17, 15) is 28.5 Å². The van der Waals surface area contributed by atoms with Crippen molar-refractivity contribution in [3.8, 4) is 5.75 Å². The Bertz CT molecular complexity index is 2010. The lowest BCUT2D eigenvalue weighted by Gasteiger charge is -2.28. The van der Waals surface area contributed by atoms with Crippen LogP contribution < -0.4 is 20.4 Å². The number of nitrogens with zero attached hydrogens (tertiary/aromatic N) is 5. The summed E-state index contributed by atoms with van der Waals surface area (Å²) in [5.41, 5.74) is 7.03. The molecule has 1 saturated heterocycles. The fourth-order valence-electron chi connectivity index (χ4n) is 5.93. The first-order valence-electron chi connectivity index (χ1n) is 17.4. The van der Waals surface area contributed by atoms with E-state index in [-0.39, 0.29) is 48.8 Å². The number of amidine groups is 1. The molecule has 0 bridgehead atoms. The van der Waals surface area contributed by atoms with Crippen molar-refractivity contribution in [3.63, 3.8) is 0 Å². The van der Waals surface area contributed by atoms with Crippen molar-refractivity contribution in [2.24, 2.45) is 16.8 Å². The average molecular weight is 786 g/mol. The standard InChI is InChI=1S/C35H44N7O12P/c1-19(2)28(35(47)49-6)40-55(48,54-22-10-8-7-9-11-22)50-17-24-29(52-25(45)14-12-20(3)43)30(53-26(46)15-13-21(4)44)34(51-24)42-16-23-27-32(37-18-38-33(27)42)41(5)39-31(23)36/h7-11,16,18-19,24,28-30,34H,12-15,17H2,1-6H3,(H2,36,39)(H,40,48)/t24-,28+,29-,30-,34-,55?/m1/s1. The Morgan fingerprint density at radius 1 is 0.964 bits per heavy atom. The second kappa shape index (κ2) is 17.5. The number of aromatic nitrogens is 3.